The van der Waals surface area contributed by atoms with Crippen LogP contribution in [0.1, 0.15) is 29.3 Å². The number of rotatable bonds is 5. The molecule has 2 aromatic carbocycles. The van der Waals surface area contributed by atoms with Crippen LogP contribution in [-0.2, 0) is 4.79 Å². The number of hydrazone groups is 1. The molecule has 0 radical (unpaired) electrons. The van der Waals surface area contributed by atoms with Crippen molar-refractivity contribution in [2.24, 2.45) is 5.10 Å². The molecule has 0 saturated heterocycles. The van der Waals surface area contributed by atoms with E-state index in [2.05, 4.69) is 15.8 Å². The van der Waals surface area contributed by atoms with E-state index in [1.807, 2.05) is 12.1 Å². The molecule has 0 aliphatic heterocycles. The zero-order valence-corrected chi connectivity index (χ0v) is 13.3. The number of carbonyl (C=O) groups is 2. The molecule has 0 atom stereocenters. The van der Waals surface area contributed by atoms with E-state index in [0.717, 1.165) is 0 Å². The lowest BCUT2D eigenvalue weighted by molar-refractivity contribution is -0.115. The fourth-order valence-corrected chi connectivity index (χ4v) is 1.94. The number of anilines is 1. The molecular weight excluding hydrogens is 314 g/mol. The van der Waals surface area contributed by atoms with Crippen LogP contribution in [0.15, 0.2) is 53.6 Å². The molecule has 0 heterocycles. The van der Waals surface area contributed by atoms with Crippen LogP contribution in [0.25, 0.3) is 0 Å². The van der Waals surface area contributed by atoms with Crippen LogP contribution in [0.3, 0.4) is 0 Å². The first-order chi connectivity index (χ1) is 11.1. The first kappa shape index (κ1) is 16.7. The second kappa shape index (κ2) is 8.10. The molecule has 0 aliphatic carbocycles. The Morgan fingerprint density at radius 1 is 1.13 bits per heavy atom. The molecule has 5 nitrogen and oxygen atoms in total. The van der Waals surface area contributed by atoms with E-state index >= 15 is 0 Å². The van der Waals surface area contributed by atoms with Crippen LogP contribution in [0, 0.1) is 0 Å². The van der Waals surface area contributed by atoms with E-state index in [-0.39, 0.29) is 11.8 Å². The highest BCUT2D eigenvalue weighted by Gasteiger charge is 2.05. The Labute approximate surface area is 139 Å². The summed E-state index contributed by atoms with van der Waals surface area (Å²) >= 11 is 5.99. The maximum atomic E-state index is 12.0. The number of amides is 2. The van der Waals surface area contributed by atoms with Gasteiger partial charge in [-0.3, -0.25) is 9.59 Å². The first-order valence-corrected chi connectivity index (χ1v) is 7.46. The maximum absolute atomic E-state index is 12.0. The normalized spacial score (nSPS) is 10.5. The van der Waals surface area contributed by atoms with E-state index in [1.54, 1.807) is 43.3 Å². The predicted octanol–water partition coefficient (Wildman–Crippen LogP) is 3.45. The quantitative estimate of drug-likeness (QED) is 0.651. The summed E-state index contributed by atoms with van der Waals surface area (Å²) in [6, 6.07) is 13.8. The molecule has 0 unspecified atom stereocenters. The number of nitrogens with one attached hydrogen (secondary N) is 2. The van der Waals surface area contributed by atoms with Gasteiger partial charge in [-0.2, -0.15) is 5.10 Å². The zero-order valence-electron chi connectivity index (χ0n) is 12.5. The minimum Gasteiger partial charge on any atom is -0.326 e. The van der Waals surface area contributed by atoms with Gasteiger partial charge in [-0.15, -0.1) is 0 Å². The van der Waals surface area contributed by atoms with Gasteiger partial charge >= 0.3 is 0 Å². The van der Waals surface area contributed by atoms with Crippen LogP contribution in [0.2, 0.25) is 5.02 Å². The molecule has 0 bridgehead atoms. The second-order valence-electron chi connectivity index (χ2n) is 4.70. The van der Waals surface area contributed by atoms with E-state index < -0.39 is 0 Å². The van der Waals surface area contributed by atoms with Crippen molar-refractivity contribution < 1.29 is 9.59 Å². The standard InChI is InChI=1S/C17H16ClN3O2/c1-2-16(22)20-14-9-7-12(8-10-14)17(23)21-19-11-13-5-3-4-6-15(13)18/h3-11H,2H2,1H3,(H,20,22)(H,21,23). The van der Waals surface area contributed by atoms with Crippen LogP contribution in [-0.4, -0.2) is 18.0 Å². The summed E-state index contributed by atoms with van der Waals surface area (Å²) in [5.74, 6) is -0.423. The summed E-state index contributed by atoms with van der Waals surface area (Å²) in [7, 11) is 0. The summed E-state index contributed by atoms with van der Waals surface area (Å²) in [4.78, 5) is 23.2. The molecule has 0 spiro atoms. The third kappa shape index (κ3) is 4.93. The molecule has 23 heavy (non-hydrogen) atoms. The smallest absolute Gasteiger partial charge is 0.271 e. The molecule has 2 aromatic rings. The van der Waals surface area contributed by atoms with Crippen molar-refractivity contribution in [3.05, 3.63) is 64.7 Å². The van der Waals surface area contributed by atoms with E-state index in [4.69, 9.17) is 11.6 Å². The number of halogens is 1. The number of nitrogens with zero attached hydrogens (tertiary/aromatic N) is 1. The van der Waals surface area contributed by atoms with Crippen molar-refractivity contribution >= 4 is 35.3 Å². The largest absolute Gasteiger partial charge is 0.326 e. The highest BCUT2D eigenvalue weighted by Crippen LogP contribution is 2.12. The van der Waals surface area contributed by atoms with Gasteiger partial charge in [-0.25, -0.2) is 5.43 Å². The number of benzene rings is 2. The van der Waals surface area contributed by atoms with E-state index in [9.17, 15) is 9.59 Å². The molecule has 0 fully saturated rings. The molecule has 0 aliphatic rings. The third-order valence-electron chi connectivity index (χ3n) is 3.03. The van der Waals surface area contributed by atoms with Gasteiger partial charge in [-0.05, 0) is 30.3 Å². The number of hydrogen-bond acceptors (Lipinski definition) is 3. The summed E-state index contributed by atoms with van der Waals surface area (Å²) in [6.45, 7) is 1.77. The van der Waals surface area contributed by atoms with Gasteiger partial charge in [0, 0.05) is 28.3 Å². The molecule has 118 valence electrons. The van der Waals surface area contributed by atoms with Gasteiger partial charge in [0.2, 0.25) is 5.91 Å². The first-order valence-electron chi connectivity index (χ1n) is 7.08. The average Bonchev–Trinajstić information content (AvgIpc) is 2.57. The monoisotopic (exact) mass is 329 g/mol. The number of carbonyl (C=O) groups excluding carboxylic acids is 2. The van der Waals surface area contributed by atoms with Crippen molar-refractivity contribution in [1.29, 1.82) is 0 Å². The van der Waals surface area contributed by atoms with E-state index in [0.29, 0.717) is 28.3 Å². The molecule has 2 N–H and O–H groups in total. The minimum absolute atomic E-state index is 0.0773. The van der Waals surface area contributed by atoms with Crippen molar-refractivity contribution in [1.82, 2.24) is 5.43 Å². The lowest BCUT2D eigenvalue weighted by atomic mass is 10.2. The summed E-state index contributed by atoms with van der Waals surface area (Å²) < 4.78 is 0. The molecule has 2 rings (SSSR count). The lowest BCUT2D eigenvalue weighted by Gasteiger charge is -2.04. The topological polar surface area (TPSA) is 70.6 Å². The zero-order chi connectivity index (χ0) is 16.7. The second-order valence-corrected chi connectivity index (χ2v) is 5.11. The fourth-order valence-electron chi connectivity index (χ4n) is 1.76. The number of hydrogen-bond donors (Lipinski definition) is 2. The molecule has 6 heteroatoms. The minimum atomic E-state index is -0.346. The van der Waals surface area contributed by atoms with Crippen LogP contribution >= 0.6 is 11.6 Å². The molecular formula is C17H16ClN3O2. The van der Waals surface area contributed by atoms with Crippen molar-refractivity contribution in [2.45, 2.75) is 13.3 Å². The fraction of sp³-hybridized carbons (Fsp3) is 0.118. The molecule has 0 saturated carbocycles. The van der Waals surface area contributed by atoms with Gasteiger partial charge in [0.1, 0.15) is 0 Å². The Bertz CT molecular complexity index is 727. The Morgan fingerprint density at radius 3 is 2.48 bits per heavy atom. The summed E-state index contributed by atoms with van der Waals surface area (Å²) in [5.41, 5.74) is 4.23. The molecule has 2 amide bonds. The van der Waals surface area contributed by atoms with Gasteiger partial charge in [0.15, 0.2) is 0 Å². The van der Waals surface area contributed by atoms with Gasteiger partial charge in [0.05, 0.1) is 6.21 Å². The summed E-state index contributed by atoms with van der Waals surface area (Å²) in [5, 5.41) is 7.15. The Kier molecular flexibility index (Phi) is 5.88. The van der Waals surface area contributed by atoms with Gasteiger partial charge < -0.3 is 5.32 Å². The Morgan fingerprint density at radius 2 is 1.83 bits per heavy atom. The highest BCUT2D eigenvalue weighted by molar-refractivity contribution is 6.33. The summed E-state index contributed by atoms with van der Waals surface area (Å²) in [6.07, 6.45) is 1.88. The Hall–Kier alpha value is -2.66. The predicted molar refractivity (Wildman–Crippen MR) is 91.9 cm³/mol. The lowest BCUT2D eigenvalue weighted by Crippen LogP contribution is -2.17. The third-order valence-corrected chi connectivity index (χ3v) is 3.37. The van der Waals surface area contributed by atoms with E-state index in [1.165, 1.54) is 6.21 Å². The average molecular weight is 330 g/mol. The van der Waals surface area contributed by atoms with Crippen molar-refractivity contribution in [3.8, 4) is 0 Å². The SMILES string of the molecule is CCC(=O)Nc1ccc(C(=O)NN=Cc2ccccc2Cl)cc1. The maximum Gasteiger partial charge on any atom is 0.271 e. The van der Waals surface area contributed by atoms with Crippen LogP contribution in [0.5, 0.6) is 0 Å². The van der Waals surface area contributed by atoms with Crippen LogP contribution < -0.4 is 10.7 Å². The van der Waals surface area contributed by atoms with Crippen molar-refractivity contribution in [3.63, 3.8) is 0 Å². The molecule has 0 aromatic heterocycles. The van der Waals surface area contributed by atoms with Gasteiger partial charge in [-0.1, -0.05) is 36.7 Å². The van der Waals surface area contributed by atoms with Crippen LogP contribution in [0.4, 0.5) is 5.69 Å². The van der Waals surface area contributed by atoms with Crippen molar-refractivity contribution in [2.75, 3.05) is 5.32 Å². The highest BCUT2D eigenvalue weighted by atomic mass is 35.5. The Balaban J connectivity index is 1.96. The van der Waals surface area contributed by atoms with Gasteiger partial charge in [0.25, 0.3) is 5.91 Å².